The van der Waals surface area contributed by atoms with E-state index in [0.717, 1.165) is 51.4 Å². The Balaban J connectivity index is 3.27. The van der Waals surface area contributed by atoms with Crippen LogP contribution in [-0.2, 0) is 9.59 Å². The van der Waals surface area contributed by atoms with Crippen LogP contribution in [0.1, 0.15) is 89.9 Å². The third-order valence-electron chi connectivity index (χ3n) is 4.16. The molecule has 7 heteroatoms. The van der Waals surface area contributed by atoms with Gasteiger partial charge < -0.3 is 10.2 Å². The molecule has 0 rings (SSSR count). The molecule has 0 amide bonds. The Bertz CT molecular complexity index is 358. The quantitative estimate of drug-likeness (QED) is 0.231. The van der Waals surface area contributed by atoms with E-state index in [1.807, 2.05) is 0 Å². The molecule has 0 saturated carbocycles. The van der Waals surface area contributed by atoms with Crippen molar-refractivity contribution in [3.8, 4) is 0 Å². The average molecular weight is 345 g/mol. The average Bonchev–Trinajstić information content (AvgIpc) is 2.50. The van der Waals surface area contributed by atoms with E-state index in [4.69, 9.17) is 10.2 Å². The number of unbranched alkanes of at least 4 members (excludes halogenated alkanes) is 11. The summed E-state index contributed by atoms with van der Waals surface area (Å²) in [5.74, 6) is -2.06. The number of aliphatic carboxylic acids is 2. The Morgan fingerprint density at radius 2 is 1.12 bits per heavy atom. The van der Waals surface area contributed by atoms with Gasteiger partial charge in [-0.1, -0.05) is 64.2 Å². The van der Waals surface area contributed by atoms with Crippen LogP contribution in [0.15, 0.2) is 0 Å². The van der Waals surface area contributed by atoms with Gasteiger partial charge in [-0.05, 0) is 12.8 Å². The minimum Gasteiger partial charge on any atom is -0.481 e. The number of carboxylic acid groups (broad SMARTS) is 2. The van der Waals surface area contributed by atoms with Crippen LogP contribution in [0.4, 0.5) is 0 Å². The Labute approximate surface area is 143 Å². The summed E-state index contributed by atoms with van der Waals surface area (Å²) in [6, 6.07) is -1.46. The Morgan fingerprint density at radius 1 is 0.750 bits per heavy atom. The standard InChI is InChI=1S/C17H31NO6/c19-16(20)14-12-10-8-6-4-2-1-3-5-7-9-11-13-15(17(21)22)18(23)24/h15H,1-14H2,(H,19,20)(H,21,22). The lowest BCUT2D eigenvalue weighted by atomic mass is 10.0. The molecule has 0 aliphatic rings. The van der Waals surface area contributed by atoms with Gasteiger partial charge in [-0.25, -0.2) is 4.79 Å². The molecule has 140 valence electrons. The summed E-state index contributed by atoms with van der Waals surface area (Å²) in [6.07, 6.45) is 12.7. The molecule has 0 aromatic carbocycles. The fraction of sp³-hybridized carbons (Fsp3) is 0.882. The van der Waals surface area contributed by atoms with E-state index in [1.165, 1.54) is 19.3 Å². The van der Waals surface area contributed by atoms with Gasteiger partial charge in [-0.2, -0.15) is 0 Å². The van der Waals surface area contributed by atoms with E-state index < -0.39 is 22.9 Å². The zero-order valence-corrected chi connectivity index (χ0v) is 14.5. The highest BCUT2D eigenvalue weighted by atomic mass is 16.6. The highest BCUT2D eigenvalue weighted by Gasteiger charge is 2.27. The third kappa shape index (κ3) is 14.0. The van der Waals surface area contributed by atoms with Gasteiger partial charge in [-0.3, -0.25) is 14.9 Å². The van der Waals surface area contributed by atoms with Crippen LogP contribution in [0, 0.1) is 10.1 Å². The van der Waals surface area contributed by atoms with E-state index in [0.29, 0.717) is 6.42 Å². The second kappa shape index (κ2) is 14.9. The van der Waals surface area contributed by atoms with Crippen molar-refractivity contribution in [1.82, 2.24) is 0 Å². The highest BCUT2D eigenvalue weighted by molar-refractivity contribution is 5.71. The van der Waals surface area contributed by atoms with Crippen LogP contribution in [0.25, 0.3) is 0 Å². The van der Waals surface area contributed by atoms with E-state index in [-0.39, 0.29) is 12.8 Å². The number of nitrogens with zero attached hydrogens (tertiary/aromatic N) is 1. The maximum atomic E-state index is 10.7. The molecular weight excluding hydrogens is 314 g/mol. The van der Waals surface area contributed by atoms with Crippen molar-refractivity contribution in [2.45, 2.75) is 95.9 Å². The lowest BCUT2D eigenvalue weighted by molar-refractivity contribution is -0.511. The Morgan fingerprint density at radius 3 is 1.46 bits per heavy atom. The predicted molar refractivity (Wildman–Crippen MR) is 90.7 cm³/mol. The molecular formula is C17H31NO6. The van der Waals surface area contributed by atoms with Crippen molar-refractivity contribution in [3.05, 3.63) is 10.1 Å². The molecule has 1 unspecified atom stereocenters. The zero-order chi connectivity index (χ0) is 18.2. The molecule has 7 nitrogen and oxygen atoms in total. The van der Waals surface area contributed by atoms with Crippen LogP contribution in [0.3, 0.4) is 0 Å². The first-order chi connectivity index (χ1) is 11.4. The first-order valence-electron chi connectivity index (χ1n) is 9.03. The minimum atomic E-state index is -1.46. The summed E-state index contributed by atoms with van der Waals surface area (Å²) in [7, 11) is 0. The maximum absolute atomic E-state index is 10.7. The van der Waals surface area contributed by atoms with Gasteiger partial charge in [0, 0.05) is 17.8 Å². The SMILES string of the molecule is O=C(O)CCCCCCCCCCCCCCC(C(=O)O)[N+](=O)[O-]. The largest absolute Gasteiger partial charge is 0.481 e. The highest BCUT2D eigenvalue weighted by Crippen LogP contribution is 2.14. The molecule has 0 aromatic rings. The molecule has 0 spiro atoms. The van der Waals surface area contributed by atoms with Crippen molar-refractivity contribution in [2.24, 2.45) is 0 Å². The van der Waals surface area contributed by atoms with Crippen LogP contribution in [-0.4, -0.2) is 33.1 Å². The van der Waals surface area contributed by atoms with Crippen LogP contribution in [0.5, 0.6) is 0 Å². The van der Waals surface area contributed by atoms with Crippen molar-refractivity contribution in [2.75, 3.05) is 0 Å². The van der Waals surface area contributed by atoms with Gasteiger partial charge in [0.15, 0.2) is 0 Å². The maximum Gasteiger partial charge on any atom is 0.379 e. The molecule has 0 aliphatic heterocycles. The van der Waals surface area contributed by atoms with E-state index in [9.17, 15) is 19.7 Å². The normalized spacial score (nSPS) is 12.0. The summed E-state index contributed by atoms with van der Waals surface area (Å²) in [5, 5.41) is 27.7. The fourth-order valence-corrected chi connectivity index (χ4v) is 2.70. The van der Waals surface area contributed by atoms with Crippen LogP contribution < -0.4 is 0 Å². The summed E-state index contributed by atoms with van der Waals surface area (Å²) >= 11 is 0. The molecule has 0 heterocycles. The second-order valence-corrected chi connectivity index (χ2v) is 6.31. The number of carbonyl (C=O) groups is 2. The lowest BCUT2D eigenvalue weighted by Crippen LogP contribution is -2.28. The molecule has 0 aromatic heterocycles. The van der Waals surface area contributed by atoms with E-state index in [2.05, 4.69) is 0 Å². The van der Waals surface area contributed by atoms with Gasteiger partial charge in [0.25, 0.3) is 0 Å². The lowest BCUT2D eigenvalue weighted by Gasteiger charge is -2.05. The second-order valence-electron chi connectivity index (χ2n) is 6.31. The molecule has 1 atom stereocenters. The number of hydrogen-bond donors (Lipinski definition) is 2. The summed E-state index contributed by atoms with van der Waals surface area (Å²) < 4.78 is 0. The molecule has 0 bridgehead atoms. The van der Waals surface area contributed by atoms with E-state index >= 15 is 0 Å². The number of hydrogen-bond acceptors (Lipinski definition) is 4. The van der Waals surface area contributed by atoms with Crippen molar-refractivity contribution >= 4 is 11.9 Å². The van der Waals surface area contributed by atoms with Gasteiger partial charge in [0.05, 0.1) is 0 Å². The molecule has 0 saturated heterocycles. The number of rotatable bonds is 17. The zero-order valence-electron chi connectivity index (χ0n) is 14.5. The monoisotopic (exact) mass is 345 g/mol. The molecule has 0 aliphatic carbocycles. The van der Waals surface area contributed by atoms with Gasteiger partial charge in [0.2, 0.25) is 0 Å². The molecule has 24 heavy (non-hydrogen) atoms. The molecule has 2 N–H and O–H groups in total. The molecule has 0 radical (unpaired) electrons. The topological polar surface area (TPSA) is 118 Å². The summed E-state index contributed by atoms with van der Waals surface area (Å²) in [6.45, 7) is 0. The molecule has 0 fully saturated rings. The summed E-state index contributed by atoms with van der Waals surface area (Å²) in [4.78, 5) is 30.8. The van der Waals surface area contributed by atoms with E-state index in [1.54, 1.807) is 0 Å². The summed E-state index contributed by atoms with van der Waals surface area (Å²) in [5.41, 5.74) is 0. The first kappa shape index (κ1) is 22.3. The van der Waals surface area contributed by atoms with Crippen molar-refractivity contribution in [3.63, 3.8) is 0 Å². The van der Waals surface area contributed by atoms with Gasteiger partial charge >= 0.3 is 18.0 Å². The van der Waals surface area contributed by atoms with Crippen LogP contribution >= 0.6 is 0 Å². The number of nitro groups is 1. The van der Waals surface area contributed by atoms with Crippen molar-refractivity contribution < 1.29 is 24.7 Å². The minimum absolute atomic E-state index is 0.115. The van der Waals surface area contributed by atoms with Gasteiger partial charge in [0.1, 0.15) is 0 Å². The van der Waals surface area contributed by atoms with Crippen LogP contribution in [0.2, 0.25) is 0 Å². The number of carboxylic acids is 2. The smallest absolute Gasteiger partial charge is 0.379 e. The van der Waals surface area contributed by atoms with Gasteiger partial charge in [-0.15, -0.1) is 0 Å². The third-order valence-corrected chi connectivity index (χ3v) is 4.16. The Hall–Kier alpha value is -1.66. The van der Waals surface area contributed by atoms with Crippen molar-refractivity contribution in [1.29, 1.82) is 0 Å². The first-order valence-corrected chi connectivity index (χ1v) is 9.03. The Kier molecular flexibility index (Phi) is 13.9. The fourth-order valence-electron chi connectivity index (χ4n) is 2.70. The predicted octanol–water partition coefficient (Wildman–Crippen LogP) is 4.26.